The minimum Gasteiger partial charge on any atom is -0.445 e. The van der Waals surface area contributed by atoms with Crippen LogP contribution in [0.1, 0.15) is 44.7 Å². The van der Waals surface area contributed by atoms with Crippen molar-refractivity contribution >= 4 is 0 Å². The number of alkyl halides is 15. The van der Waals surface area contributed by atoms with E-state index in [1.165, 1.54) is 12.3 Å². The third kappa shape index (κ3) is 5.72. The van der Waals surface area contributed by atoms with Crippen molar-refractivity contribution in [3.8, 4) is 22.6 Å². The van der Waals surface area contributed by atoms with Crippen LogP contribution in [0.3, 0.4) is 0 Å². The van der Waals surface area contributed by atoms with Gasteiger partial charge in [0.15, 0.2) is 11.5 Å². The summed E-state index contributed by atoms with van der Waals surface area (Å²) in [6.07, 6.45) is -4.63. The number of aryl methyl sites for hydroxylation is 1. The summed E-state index contributed by atoms with van der Waals surface area (Å²) in [6, 6.07) is 5.98. The number of nitrogens with zero attached hydrogens (tertiary/aromatic N) is 1. The highest BCUT2D eigenvalue weighted by atomic mass is 19.4. The van der Waals surface area contributed by atoms with Crippen LogP contribution < -0.4 is 9.47 Å². The van der Waals surface area contributed by atoms with Crippen molar-refractivity contribution in [3.05, 3.63) is 42.2 Å². The van der Waals surface area contributed by atoms with Crippen molar-refractivity contribution in [2.24, 2.45) is 0 Å². The third-order valence-electron chi connectivity index (χ3n) is 6.75. The van der Waals surface area contributed by atoms with Crippen LogP contribution in [-0.2, 0) is 6.42 Å². The van der Waals surface area contributed by atoms with Crippen molar-refractivity contribution in [3.63, 3.8) is 0 Å². The highest BCUT2D eigenvalue weighted by Gasteiger charge is 2.94. The lowest BCUT2D eigenvalue weighted by Crippen LogP contribution is -2.74. The molecule has 18 heteroatoms. The first kappa shape index (κ1) is 35.4. The Morgan fingerprint density at radius 3 is 1.66 bits per heavy atom. The second-order valence-corrected chi connectivity index (χ2v) is 9.92. The monoisotopic (exact) mass is 665 g/mol. The van der Waals surface area contributed by atoms with E-state index in [1.54, 1.807) is 6.07 Å². The molecule has 1 unspecified atom stereocenters. The Hall–Kier alpha value is -3.08. The van der Waals surface area contributed by atoms with Gasteiger partial charge in [0.1, 0.15) is 0 Å². The fraction of sp³-hybridized carbons (Fsp3) is 0.577. The number of halogens is 15. The van der Waals surface area contributed by atoms with Crippen LogP contribution in [-0.4, -0.2) is 53.0 Å². The molecule has 3 nitrogen and oxygen atoms in total. The first-order valence-electron chi connectivity index (χ1n) is 12.7. The number of ether oxygens (including phenoxy) is 2. The fourth-order valence-corrected chi connectivity index (χ4v) is 4.06. The summed E-state index contributed by atoms with van der Waals surface area (Å²) in [6.45, 7) is 2.05. The lowest BCUT2D eigenvalue weighted by Gasteiger charge is -2.41. The highest BCUT2D eigenvalue weighted by Crippen LogP contribution is 2.63. The summed E-state index contributed by atoms with van der Waals surface area (Å²) in [4.78, 5) is 4.22. The van der Waals surface area contributed by atoms with Gasteiger partial charge in [-0.15, -0.1) is 0 Å². The van der Waals surface area contributed by atoms with Gasteiger partial charge in [-0.1, -0.05) is 44.7 Å². The molecule has 0 fully saturated rings. The molecule has 3 rings (SSSR count). The average Bonchev–Trinajstić information content (AvgIpc) is 3.36. The zero-order valence-corrected chi connectivity index (χ0v) is 22.2. The average molecular weight is 665 g/mol. The predicted octanol–water partition coefficient (Wildman–Crippen LogP) is 9.73. The van der Waals surface area contributed by atoms with Crippen LogP contribution in [0.4, 0.5) is 65.9 Å². The molecule has 1 aromatic heterocycles. The third-order valence-corrected chi connectivity index (χ3v) is 6.75. The SMILES string of the molecule is CCCCCCCc1ccc(-c2ccc3c(c2)OC(C(F)(F)C(F)(F)C(F)(F)C(F)(F)C(F)(F)C(F)(F)C(F)(F)F)O3)cn1. The lowest BCUT2D eigenvalue weighted by molar-refractivity contribution is -0.457. The van der Waals surface area contributed by atoms with Crippen LogP contribution in [0.5, 0.6) is 11.5 Å². The standard InChI is InChI=1S/C26H22F15NO2/c1-2-3-4-5-6-7-16-10-8-15(13-42-16)14-9-11-17-18(12-14)44-19(43-17)20(27,28)21(29,30)22(31,32)23(33,34)24(35,36)25(37,38)26(39,40)41/h8-13,19H,2-7H2,1H3. The van der Waals surface area contributed by atoms with Gasteiger partial charge in [0.2, 0.25) is 0 Å². The van der Waals surface area contributed by atoms with Crippen LogP contribution in [0, 0.1) is 0 Å². The minimum absolute atomic E-state index is 0.121. The molecule has 0 N–H and O–H groups in total. The van der Waals surface area contributed by atoms with E-state index in [1.807, 2.05) is 0 Å². The first-order chi connectivity index (χ1) is 20.0. The maximum absolute atomic E-state index is 14.6. The summed E-state index contributed by atoms with van der Waals surface area (Å²) < 4.78 is 212. The Kier molecular flexibility index (Phi) is 9.41. The van der Waals surface area contributed by atoms with Crippen molar-refractivity contribution in [1.29, 1.82) is 0 Å². The molecule has 2 heterocycles. The zero-order chi connectivity index (χ0) is 33.6. The van der Waals surface area contributed by atoms with E-state index < -0.39 is 59.5 Å². The molecule has 1 aromatic carbocycles. The van der Waals surface area contributed by atoms with E-state index in [4.69, 9.17) is 0 Å². The Labute approximate surface area is 239 Å². The summed E-state index contributed by atoms with van der Waals surface area (Å²) >= 11 is 0. The highest BCUT2D eigenvalue weighted by molar-refractivity contribution is 5.67. The zero-order valence-electron chi connectivity index (χ0n) is 22.2. The van der Waals surface area contributed by atoms with E-state index in [-0.39, 0.29) is 5.56 Å². The molecule has 0 amide bonds. The molecule has 248 valence electrons. The molecule has 0 bridgehead atoms. The lowest BCUT2D eigenvalue weighted by atomic mass is 9.91. The van der Waals surface area contributed by atoms with Crippen molar-refractivity contribution in [2.75, 3.05) is 0 Å². The normalized spacial score (nSPS) is 16.9. The maximum atomic E-state index is 14.6. The summed E-state index contributed by atoms with van der Waals surface area (Å²) in [5, 5.41) is 0. The molecule has 0 saturated carbocycles. The number of hydrogen-bond acceptors (Lipinski definition) is 3. The number of rotatable bonds is 13. The topological polar surface area (TPSA) is 31.4 Å². The number of fused-ring (bicyclic) bond motifs is 1. The van der Waals surface area contributed by atoms with Crippen molar-refractivity contribution in [1.82, 2.24) is 4.98 Å². The fourth-order valence-electron chi connectivity index (χ4n) is 4.06. The molecule has 0 aliphatic carbocycles. The molecule has 1 aliphatic heterocycles. The second kappa shape index (κ2) is 11.7. The first-order valence-corrected chi connectivity index (χ1v) is 12.7. The van der Waals surface area contributed by atoms with Gasteiger partial charge >= 0.3 is 48.0 Å². The number of hydrogen-bond donors (Lipinski definition) is 0. The summed E-state index contributed by atoms with van der Waals surface area (Å²) in [5.74, 6) is -49.1. The summed E-state index contributed by atoms with van der Waals surface area (Å²) in [5.41, 5.74) is 1.13. The number of unbranched alkanes of at least 4 members (excludes halogenated alkanes) is 4. The van der Waals surface area contributed by atoms with E-state index in [9.17, 15) is 65.9 Å². The van der Waals surface area contributed by atoms with Gasteiger partial charge in [0.05, 0.1) is 0 Å². The van der Waals surface area contributed by atoms with E-state index in [2.05, 4.69) is 21.4 Å². The van der Waals surface area contributed by atoms with Gasteiger partial charge in [-0.3, -0.25) is 4.98 Å². The molecule has 2 aromatic rings. The van der Waals surface area contributed by atoms with Crippen LogP contribution in [0.15, 0.2) is 36.5 Å². The molecule has 44 heavy (non-hydrogen) atoms. The molecule has 1 aliphatic rings. The van der Waals surface area contributed by atoms with Crippen LogP contribution >= 0.6 is 0 Å². The van der Waals surface area contributed by atoms with Crippen LogP contribution in [0.2, 0.25) is 0 Å². The molecule has 0 spiro atoms. The maximum Gasteiger partial charge on any atom is 0.460 e. The Bertz CT molecular complexity index is 1290. The van der Waals surface area contributed by atoms with E-state index >= 15 is 0 Å². The number of pyridine rings is 1. The molecule has 0 saturated heterocycles. The Morgan fingerprint density at radius 2 is 1.11 bits per heavy atom. The number of aromatic nitrogens is 1. The van der Waals surface area contributed by atoms with E-state index in [0.717, 1.165) is 50.3 Å². The smallest absolute Gasteiger partial charge is 0.445 e. The molecular weight excluding hydrogens is 643 g/mol. The van der Waals surface area contributed by atoms with Gasteiger partial charge in [-0.25, -0.2) is 0 Å². The van der Waals surface area contributed by atoms with Crippen LogP contribution in [0.25, 0.3) is 11.1 Å². The van der Waals surface area contributed by atoms with Gasteiger partial charge < -0.3 is 9.47 Å². The Balaban J connectivity index is 1.83. The molecule has 1 atom stereocenters. The molecular formula is C26H22F15NO2. The quantitative estimate of drug-likeness (QED) is 0.158. The van der Waals surface area contributed by atoms with Gasteiger partial charge in [0, 0.05) is 17.5 Å². The predicted molar refractivity (Wildman–Crippen MR) is 123 cm³/mol. The minimum atomic E-state index is -8.39. The van der Waals surface area contributed by atoms with Gasteiger partial charge in [-0.2, -0.15) is 65.9 Å². The van der Waals surface area contributed by atoms with E-state index in [0.29, 0.717) is 17.7 Å². The largest absolute Gasteiger partial charge is 0.460 e. The second-order valence-electron chi connectivity index (χ2n) is 9.92. The van der Waals surface area contributed by atoms with Crippen molar-refractivity contribution in [2.45, 2.75) is 93.5 Å². The van der Waals surface area contributed by atoms with Gasteiger partial charge in [-0.05, 0) is 36.6 Å². The molecule has 0 radical (unpaired) electrons. The Morgan fingerprint density at radius 1 is 0.591 bits per heavy atom. The van der Waals surface area contributed by atoms with Gasteiger partial charge in [0.25, 0.3) is 0 Å². The number of benzene rings is 1. The summed E-state index contributed by atoms with van der Waals surface area (Å²) in [7, 11) is 0. The van der Waals surface area contributed by atoms with Crippen molar-refractivity contribution < 1.29 is 75.3 Å².